The summed E-state index contributed by atoms with van der Waals surface area (Å²) in [5, 5.41) is 11.6. The lowest BCUT2D eigenvalue weighted by Gasteiger charge is -2.15. The summed E-state index contributed by atoms with van der Waals surface area (Å²) >= 11 is 0. The largest absolute Gasteiger partial charge is 0.481 e. The maximum atomic E-state index is 12.5. The Labute approximate surface area is 109 Å². The normalized spacial score (nSPS) is 13.3. The van der Waals surface area contributed by atoms with Gasteiger partial charge in [0.25, 0.3) is 0 Å². The van der Waals surface area contributed by atoms with Crippen molar-refractivity contribution in [3.05, 3.63) is 35.4 Å². The minimum atomic E-state index is -4.36. The summed E-state index contributed by atoms with van der Waals surface area (Å²) in [5.74, 6) is -0.927. The molecule has 19 heavy (non-hydrogen) atoms. The number of carboxylic acids is 1. The van der Waals surface area contributed by atoms with Gasteiger partial charge in [-0.05, 0) is 18.1 Å². The van der Waals surface area contributed by atoms with E-state index in [1.165, 1.54) is 6.07 Å². The zero-order chi connectivity index (χ0) is 14.5. The van der Waals surface area contributed by atoms with E-state index in [2.05, 4.69) is 5.32 Å². The van der Waals surface area contributed by atoms with Crippen molar-refractivity contribution in [2.24, 2.45) is 0 Å². The third kappa shape index (κ3) is 5.30. The molecule has 1 aromatic rings. The molecule has 106 valence electrons. The second-order valence-corrected chi connectivity index (χ2v) is 4.28. The third-order valence-electron chi connectivity index (χ3n) is 2.76. The summed E-state index contributed by atoms with van der Waals surface area (Å²) in [5.41, 5.74) is -0.211. The van der Waals surface area contributed by atoms with Crippen molar-refractivity contribution in [2.45, 2.75) is 38.5 Å². The zero-order valence-electron chi connectivity index (χ0n) is 10.5. The molecule has 0 fully saturated rings. The van der Waals surface area contributed by atoms with Crippen molar-refractivity contribution in [3.63, 3.8) is 0 Å². The quantitative estimate of drug-likeness (QED) is 0.839. The second-order valence-electron chi connectivity index (χ2n) is 4.28. The summed E-state index contributed by atoms with van der Waals surface area (Å²) < 4.78 is 37.5. The van der Waals surface area contributed by atoms with Crippen molar-refractivity contribution in [1.82, 2.24) is 5.32 Å². The molecule has 1 rings (SSSR count). The average Bonchev–Trinajstić information content (AvgIpc) is 2.33. The van der Waals surface area contributed by atoms with Crippen molar-refractivity contribution in [1.29, 1.82) is 0 Å². The van der Waals surface area contributed by atoms with E-state index in [1.807, 2.05) is 6.92 Å². The van der Waals surface area contributed by atoms with Crippen LogP contribution >= 0.6 is 0 Å². The van der Waals surface area contributed by atoms with Crippen LogP contribution in [-0.2, 0) is 17.5 Å². The van der Waals surface area contributed by atoms with E-state index in [1.54, 1.807) is 6.07 Å². The van der Waals surface area contributed by atoms with Crippen LogP contribution in [0.4, 0.5) is 13.2 Å². The molecular formula is C13H16F3NO2. The van der Waals surface area contributed by atoms with E-state index in [-0.39, 0.29) is 19.0 Å². The molecule has 0 spiro atoms. The van der Waals surface area contributed by atoms with Crippen LogP contribution in [0.2, 0.25) is 0 Å². The first-order chi connectivity index (χ1) is 8.82. The molecule has 3 nitrogen and oxygen atoms in total. The summed E-state index contributed by atoms with van der Waals surface area (Å²) in [4.78, 5) is 10.6. The van der Waals surface area contributed by atoms with Gasteiger partial charge in [0.2, 0.25) is 0 Å². The van der Waals surface area contributed by atoms with Gasteiger partial charge in [-0.25, -0.2) is 0 Å². The number of aliphatic carboxylic acids is 1. The third-order valence-corrected chi connectivity index (χ3v) is 2.76. The van der Waals surface area contributed by atoms with Crippen LogP contribution in [0.3, 0.4) is 0 Å². The molecule has 0 amide bonds. The first-order valence-electron chi connectivity index (χ1n) is 5.94. The number of carbonyl (C=O) groups is 1. The van der Waals surface area contributed by atoms with Crippen LogP contribution in [0.15, 0.2) is 24.3 Å². The number of carboxylic acid groups (broad SMARTS) is 1. The zero-order valence-corrected chi connectivity index (χ0v) is 10.5. The Kier molecular flexibility index (Phi) is 5.35. The molecule has 6 heteroatoms. The lowest BCUT2D eigenvalue weighted by Crippen LogP contribution is -2.30. The summed E-state index contributed by atoms with van der Waals surface area (Å²) in [6, 6.07) is 4.76. The van der Waals surface area contributed by atoms with Gasteiger partial charge in [-0.3, -0.25) is 4.79 Å². The van der Waals surface area contributed by atoms with Gasteiger partial charge in [0, 0.05) is 12.6 Å². The van der Waals surface area contributed by atoms with Crippen LogP contribution in [0.1, 0.15) is 30.9 Å². The SMILES string of the molecule is CCC(CC(=O)O)NCc1cccc(C(F)(F)F)c1. The molecule has 0 bridgehead atoms. The fourth-order valence-corrected chi connectivity index (χ4v) is 1.69. The summed E-state index contributed by atoms with van der Waals surface area (Å²) in [7, 11) is 0. The Hall–Kier alpha value is -1.56. The van der Waals surface area contributed by atoms with Crippen LogP contribution in [0, 0.1) is 0 Å². The minimum absolute atomic E-state index is 0.0462. The molecule has 0 aliphatic heterocycles. The molecule has 0 saturated heterocycles. The van der Waals surface area contributed by atoms with Gasteiger partial charge in [0.1, 0.15) is 0 Å². The van der Waals surface area contributed by atoms with Crippen molar-refractivity contribution in [2.75, 3.05) is 0 Å². The highest BCUT2D eigenvalue weighted by Crippen LogP contribution is 2.29. The standard InChI is InChI=1S/C13H16F3NO2/c1-2-11(7-12(18)19)17-8-9-4-3-5-10(6-9)13(14,15)16/h3-6,11,17H,2,7-8H2,1H3,(H,18,19). The summed E-state index contributed by atoms with van der Waals surface area (Å²) in [6.45, 7) is 2.04. The lowest BCUT2D eigenvalue weighted by molar-refractivity contribution is -0.138. The number of nitrogens with one attached hydrogen (secondary N) is 1. The molecule has 1 aromatic carbocycles. The molecule has 0 aliphatic rings. The van der Waals surface area contributed by atoms with Gasteiger partial charge < -0.3 is 10.4 Å². The number of rotatable bonds is 6. The summed E-state index contributed by atoms with van der Waals surface area (Å²) in [6.07, 6.45) is -3.80. The topological polar surface area (TPSA) is 49.3 Å². The van der Waals surface area contributed by atoms with Gasteiger partial charge in [-0.1, -0.05) is 25.1 Å². The Bertz CT molecular complexity index is 432. The predicted octanol–water partition coefficient (Wildman–Crippen LogP) is 3.05. The van der Waals surface area contributed by atoms with Gasteiger partial charge in [-0.2, -0.15) is 13.2 Å². The predicted molar refractivity (Wildman–Crippen MR) is 64.6 cm³/mol. The van der Waals surface area contributed by atoms with Crippen LogP contribution < -0.4 is 5.32 Å². The maximum Gasteiger partial charge on any atom is 0.416 e. The molecule has 0 heterocycles. The monoisotopic (exact) mass is 275 g/mol. The Morgan fingerprint density at radius 1 is 1.42 bits per heavy atom. The molecule has 0 aromatic heterocycles. The lowest BCUT2D eigenvalue weighted by atomic mass is 10.1. The van der Waals surface area contributed by atoms with Crippen molar-refractivity contribution in [3.8, 4) is 0 Å². The molecule has 2 N–H and O–H groups in total. The number of benzene rings is 1. The fraction of sp³-hybridized carbons (Fsp3) is 0.462. The smallest absolute Gasteiger partial charge is 0.416 e. The van der Waals surface area contributed by atoms with Crippen molar-refractivity contribution < 1.29 is 23.1 Å². The molecule has 0 saturated carbocycles. The average molecular weight is 275 g/mol. The van der Waals surface area contributed by atoms with Gasteiger partial charge in [0.15, 0.2) is 0 Å². The van der Waals surface area contributed by atoms with Crippen LogP contribution in [0.5, 0.6) is 0 Å². The highest BCUT2D eigenvalue weighted by molar-refractivity contribution is 5.67. The minimum Gasteiger partial charge on any atom is -0.481 e. The van der Waals surface area contributed by atoms with Gasteiger partial charge in [0.05, 0.1) is 12.0 Å². The molecular weight excluding hydrogens is 259 g/mol. The highest BCUT2D eigenvalue weighted by atomic mass is 19.4. The van der Waals surface area contributed by atoms with Crippen molar-refractivity contribution >= 4 is 5.97 Å². The van der Waals surface area contributed by atoms with E-state index in [9.17, 15) is 18.0 Å². The number of alkyl halides is 3. The van der Waals surface area contributed by atoms with E-state index < -0.39 is 17.7 Å². The fourth-order valence-electron chi connectivity index (χ4n) is 1.69. The Balaban J connectivity index is 2.65. The maximum absolute atomic E-state index is 12.5. The number of hydrogen-bond donors (Lipinski definition) is 2. The number of halogens is 3. The first-order valence-corrected chi connectivity index (χ1v) is 5.94. The second kappa shape index (κ2) is 6.56. The Morgan fingerprint density at radius 3 is 2.63 bits per heavy atom. The molecule has 1 unspecified atom stereocenters. The number of hydrogen-bond acceptors (Lipinski definition) is 2. The van der Waals surface area contributed by atoms with Gasteiger partial charge >= 0.3 is 12.1 Å². The molecule has 1 atom stereocenters. The van der Waals surface area contributed by atoms with E-state index in [0.29, 0.717) is 12.0 Å². The first kappa shape index (κ1) is 15.5. The van der Waals surface area contributed by atoms with E-state index >= 15 is 0 Å². The Morgan fingerprint density at radius 2 is 2.11 bits per heavy atom. The van der Waals surface area contributed by atoms with Crippen LogP contribution in [0.25, 0.3) is 0 Å². The van der Waals surface area contributed by atoms with E-state index in [0.717, 1.165) is 12.1 Å². The highest BCUT2D eigenvalue weighted by Gasteiger charge is 2.30. The molecule has 0 aliphatic carbocycles. The van der Waals surface area contributed by atoms with Gasteiger partial charge in [-0.15, -0.1) is 0 Å². The van der Waals surface area contributed by atoms with Crippen LogP contribution in [-0.4, -0.2) is 17.1 Å². The molecule has 0 radical (unpaired) electrons. The van der Waals surface area contributed by atoms with E-state index in [4.69, 9.17) is 5.11 Å².